The second-order valence-corrected chi connectivity index (χ2v) is 7.03. The molecule has 4 heterocycles. The van der Waals surface area contributed by atoms with Crippen LogP contribution >= 0.6 is 0 Å². The molecule has 25 heavy (non-hydrogen) atoms. The van der Waals surface area contributed by atoms with Crippen molar-refractivity contribution in [1.82, 2.24) is 35.1 Å². The van der Waals surface area contributed by atoms with Crippen LogP contribution in [0.15, 0.2) is 6.20 Å². The van der Waals surface area contributed by atoms with Crippen LogP contribution in [0.1, 0.15) is 60.8 Å². The Morgan fingerprint density at radius 3 is 3.04 bits per heavy atom. The third kappa shape index (κ3) is 3.28. The molecular formula is C16H23N7O2. The number of hydrogen-bond acceptors (Lipinski definition) is 6. The van der Waals surface area contributed by atoms with Gasteiger partial charge in [-0.3, -0.25) is 4.79 Å². The normalized spacial score (nSPS) is 23.0. The zero-order valence-corrected chi connectivity index (χ0v) is 14.6. The van der Waals surface area contributed by atoms with Gasteiger partial charge in [-0.1, -0.05) is 19.1 Å². The van der Waals surface area contributed by atoms with E-state index in [-0.39, 0.29) is 18.0 Å². The average Bonchev–Trinajstić information content (AvgIpc) is 3.33. The molecule has 1 fully saturated rings. The fourth-order valence-corrected chi connectivity index (χ4v) is 3.24. The van der Waals surface area contributed by atoms with Crippen LogP contribution in [0.2, 0.25) is 0 Å². The van der Waals surface area contributed by atoms with E-state index < -0.39 is 0 Å². The highest BCUT2D eigenvalue weighted by Gasteiger charge is 2.26. The lowest BCUT2D eigenvalue weighted by molar-refractivity contribution is 0.0921. The predicted molar refractivity (Wildman–Crippen MR) is 88.2 cm³/mol. The van der Waals surface area contributed by atoms with Crippen molar-refractivity contribution in [1.29, 1.82) is 0 Å². The van der Waals surface area contributed by atoms with E-state index in [9.17, 15) is 4.79 Å². The summed E-state index contributed by atoms with van der Waals surface area (Å²) < 4.78 is 8.99. The van der Waals surface area contributed by atoms with Crippen molar-refractivity contribution < 1.29 is 9.53 Å². The third-order valence-corrected chi connectivity index (χ3v) is 4.75. The van der Waals surface area contributed by atoms with Crippen molar-refractivity contribution in [2.24, 2.45) is 0 Å². The summed E-state index contributed by atoms with van der Waals surface area (Å²) in [6.07, 6.45) is 4.28. The van der Waals surface area contributed by atoms with Crippen molar-refractivity contribution in [2.45, 2.75) is 57.7 Å². The quantitative estimate of drug-likeness (QED) is 0.875. The predicted octanol–water partition coefficient (Wildman–Crippen LogP) is 0.699. The van der Waals surface area contributed by atoms with E-state index in [1.807, 2.05) is 4.68 Å². The number of aromatic nitrogens is 6. The summed E-state index contributed by atoms with van der Waals surface area (Å²) in [7, 11) is 0. The van der Waals surface area contributed by atoms with E-state index in [1.165, 1.54) is 0 Å². The number of carbonyl (C=O) groups is 1. The van der Waals surface area contributed by atoms with Crippen LogP contribution in [0.5, 0.6) is 0 Å². The second-order valence-electron chi connectivity index (χ2n) is 7.03. The van der Waals surface area contributed by atoms with Crippen LogP contribution < -0.4 is 5.32 Å². The van der Waals surface area contributed by atoms with Crippen molar-refractivity contribution in [2.75, 3.05) is 13.2 Å². The standard InChI is InChI=1S/C16H23N7O2/c1-10(2)15-18-14-4-3-11(7-23(14)20-15)17-16(24)13-8-22(21-19-13)12-5-6-25-9-12/h8,10-12H,3-7,9H2,1-2H3,(H,17,24). The number of aryl methyl sites for hydroxylation is 1. The number of hydrogen-bond donors (Lipinski definition) is 1. The first-order valence-corrected chi connectivity index (χ1v) is 8.84. The minimum absolute atomic E-state index is 0.0293. The van der Waals surface area contributed by atoms with Crippen molar-refractivity contribution in [3.05, 3.63) is 23.5 Å². The Labute approximate surface area is 145 Å². The van der Waals surface area contributed by atoms with E-state index in [0.717, 1.165) is 37.5 Å². The van der Waals surface area contributed by atoms with E-state index in [2.05, 4.69) is 39.6 Å². The Hall–Kier alpha value is -2.29. The molecule has 0 saturated carbocycles. The Kier molecular flexibility index (Phi) is 4.24. The van der Waals surface area contributed by atoms with Gasteiger partial charge in [0.15, 0.2) is 11.5 Å². The highest BCUT2D eigenvalue weighted by molar-refractivity contribution is 5.92. The number of rotatable bonds is 4. The molecule has 2 aromatic rings. The molecule has 1 amide bonds. The lowest BCUT2D eigenvalue weighted by Gasteiger charge is -2.23. The van der Waals surface area contributed by atoms with E-state index in [0.29, 0.717) is 24.8 Å². The zero-order chi connectivity index (χ0) is 17.4. The molecule has 0 aromatic carbocycles. The molecular weight excluding hydrogens is 322 g/mol. The molecule has 134 valence electrons. The number of nitrogens with one attached hydrogen (secondary N) is 1. The maximum atomic E-state index is 12.5. The van der Waals surface area contributed by atoms with Gasteiger partial charge in [-0.2, -0.15) is 5.10 Å². The van der Waals surface area contributed by atoms with Gasteiger partial charge in [0.25, 0.3) is 5.91 Å². The summed E-state index contributed by atoms with van der Waals surface area (Å²) in [4.78, 5) is 17.0. The summed E-state index contributed by atoms with van der Waals surface area (Å²) in [5.41, 5.74) is 0.346. The molecule has 0 aliphatic carbocycles. The first-order valence-electron chi connectivity index (χ1n) is 8.84. The molecule has 9 heteroatoms. The van der Waals surface area contributed by atoms with E-state index >= 15 is 0 Å². The number of nitrogens with zero attached hydrogens (tertiary/aromatic N) is 6. The molecule has 2 aliphatic heterocycles. The van der Waals surface area contributed by atoms with Gasteiger partial charge in [-0.25, -0.2) is 14.3 Å². The minimum Gasteiger partial charge on any atom is -0.379 e. The van der Waals surface area contributed by atoms with Crippen molar-refractivity contribution in [3.63, 3.8) is 0 Å². The van der Waals surface area contributed by atoms with Crippen LogP contribution in [0.4, 0.5) is 0 Å². The lowest BCUT2D eigenvalue weighted by atomic mass is 10.1. The van der Waals surface area contributed by atoms with Crippen LogP contribution in [0.25, 0.3) is 0 Å². The molecule has 9 nitrogen and oxygen atoms in total. The van der Waals surface area contributed by atoms with E-state index in [1.54, 1.807) is 10.9 Å². The maximum absolute atomic E-state index is 12.5. The molecule has 1 N–H and O–H groups in total. The van der Waals surface area contributed by atoms with Gasteiger partial charge in [0.2, 0.25) is 0 Å². The van der Waals surface area contributed by atoms with Crippen molar-refractivity contribution in [3.8, 4) is 0 Å². The topological polar surface area (TPSA) is 99.8 Å². The second kappa shape index (κ2) is 6.55. The first kappa shape index (κ1) is 16.2. The molecule has 0 radical (unpaired) electrons. The number of carbonyl (C=O) groups excluding carboxylic acids is 1. The van der Waals surface area contributed by atoms with Gasteiger partial charge < -0.3 is 10.1 Å². The smallest absolute Gasteiger partial charge is 0.273 e. The summed E-state index contributed by atoms with van der Waals surface area (Å²) >= 11 is 0. The summed E-state index contributed by atoms with van der Waals surface area (Å²) in [6.45, 7) is 6.16. The Bertz CT molecular complexity index is 760. The molecule has 1 saturated heterocycles. The largest absolute Gasteiger partial charge is 0.379 e. The van der Waals surface area contributed by atoms with Gasteiger partial charge in [-0.05, 0) is 12.8 Å². The summed E-state index contributed by atoms with van der Waals surface area (Å²) in [5.74, 6) is 1.98. The molecule has 0 spiro atoms. The minimum atomic E-state index is -0.192. The first-order chi connectivity index (χ1) is 12.1. The van der Waals surface area contributed by atoms with Crippen LogP contribution in [-0.2, 0) is 17.7 Å². The SMILES string of the molecule is CC(C)c1nc2n(n1)CC(NC(=O)c1cn(C3CCOC3)nn1)CC2. The lowest BCUT2D eigenvalue weighted by Crippen LogP contribution is -2.41. The molecule has 4 rings (SSSR count). The maximum Gasteiger partial charge on any atom is 0.273 e. The average molecular weight is 345 g/mol. The molecule has 2 aliphatic rings. The van der Waals surface area contributed by atoms with Crippen molar-refractivity contribution >= 4 is 5.91 Å². The number of ether oxygens (including phenoxy) is 1. The summed E-state index contributed by atoms with van der Waals surface area (Å²) in [6, 6.07) is 0.206. The third-order valence-electron chi connectivity index (χ3n) is 4.75. The Morgan fingerprint density at radius 2 is 2.28 bits per heavy atom. The highest BCUT2D eigenvalue weighted by atomic mass is 16.5. The van der Waals surface area contributed by atoms with Crippen LogP contribution in [0, 0.1) is 0 Å². The highest BCUT2D eigenvalue weighted by Crippen LogP contribution is 2.19. The molecule has 2 aromatic heterocycles. The number of amides is 1. The zero-order valence-electron chi connectivity index (χ0n) is 14.6. The molecule has 0 bridgehead atoms. The molecule has 2 unspecified atom stereocenters. The van der Waals surface area contributed by atoms with Gasteiger partial charge >= 0.3 is 0 Å². The fraction of sp³-hybridized carbons (Fsp3) is 0.688. The van der Waals surface area contributed by atoms with Gasteiger partial charge in [0, 0.05) is 25.0 Å². The van der Waals surface area contributed by atoms with Crippen LogP contribution in [0.3, 0.4) is 0 Å². The fourth-order valence-electron chi connectivity index (χ4n) is 3.24. The Balaban J connectivity index is 1.39. The van der Waals surface area contributed by atoms with Gasteiger partial charge in [0.1, 0.15) is 5.82 Å². The molecule has 2 atom stereocenters. The monoisotopic (exact) mass is 345 g/mol. The summed E-state index contributed by atoms with van der Waals surface area (Å²) in [5, 5.41) is 15.7. The Morgan fingerprint density at radius 1 is 1.40 bits per heavy atom. The van der Waals surface area contributed by atoms with Gasteiger partial charge in [-0.15, -0.1) is 5.10 Å². The van der Waals surface area contributed by atoms with Crippen LogP contribution in [-0.4, -0.2) is 54.9 Å². The van der Waals surface area contributed by atoms with Gasteiger partial charge in [0.05, 0.1) is 25.4 Å². The number of fused-ring (bicyclic) bond motifs is 1. The van der Waals surface area contributed by atoms with E-state index in [4.69, 9.17) is 4.74 Å².